The van der Waals surface area contributed by atoms with E-state index in [1.807, 2.05) is 0 Å². The normalized spacial score (nSPS) is 11.2. The highest BCUT2D eigenvalue weighted by Gasteiger charge is 1.98. The molecule has 0 aromatic carbocycles. The minimum absolute atomic E-state index is 0.926. The SMILES string of the molecule is CCCCCCCCCCCCCCCCCCc1cnno1. The molecule has 0 atom stereocenters. The maximum Gasteiger partial charge on any atom is 0.157 e. The molecule has 23 heavy (non-hydrogen) atoms. The Morgan fingerprint density at radius 3 is 1.48 bits per heavy atom. The summed E-state index contributed by atoms with van der Waals surface area (Å²) in [6.07, 6.45) is 25.3. The van der Waals surface area contributed by atoms with Gasteiger partial charge in [-0.3, -0.25) is 0 Å². The summed E-state index contributed by atoms with van der Waals surface area (Å²) in [6.45, 7) is 2.29. The van der Waals surface area contributed by atoms with Crippen LogP contribution in [0.3, 0.4) is 0 Å². The van der Waals surface area contributed by atoms with Crippen LogP contribution < -0.4 is 0 Å². The number of rotatable bonds is 17. The van der Waals surface area contributed by atoms with Crippen LogP contribution in [0.5, 0.6) is 0 Å². The van der Waals surface area contributed by atoms with Crippen LogP contribution in [0.4, 0.5) is 0 Å². The summed E-state index contributed by atoms with van der Waals surface area (Å²) in [5, 5.41) is 7.19. The van der Waals surface area contributed by atoms with Crippen LogP contribution in [0.2, 0.25) is 0 Å². The van der Waals surface area contributed by atoms with Gasteiger partial charge in [-0.2, -0.15) is 0 Å². The zero-order chi connectivity index (χ0) is 16.4. The van der Waals surface area contributed by atoms with E-state index in [-0.39, 0.29) is 0 Å². The average Bonchev–Trinajstić information content (AvgIpc) is 3.08. The molecule has 0 spiro atoms. The molecule has 0 amide bonds. The van der Waals surface area contributed by atoms with Crippen molar-refractivity contribution in [1.82, 2.24) is 10.4 Å². The van der Waals surface area contributed by atoms with Crippen LogP contribution in [-0.4, -0.2) is 10.4 Å². The molecule has 134 valence electrons. The van der Waals surface area contributed by atoms with Crippen LogP contribution in [0.15, 0.2) is 10.7 Å². The highest BCUT2D eigenvalue weighted by molar-refractivity contribution is 4.84. The van der Waals surface area contributed by atoms with E-state index < -0.39 is 0 Å². The second-order valence-electron chi connectivity index (χ2n) is 6.94. The Balaban J connectivity index is 1.67. The van der Waals surface area contributed by atoms with Gasteiger partial charge < -0.3 is 4.52 Å². The van der Waals surface area contributed by atoms with E-state index in [9.17, 15) is 0 Å². The fourth-order valence-corrected chi connectivity index (χ4v) is 3.15. The minimum atomic E-state index is 0.926. The third-order valence-corrected chi connectivity index (χ3v) is 4.68. The molecule has 0 bridgehead atoms. The first kappa shape index (κ1) is 20.2. The Morgan fingerprint density at radius 2 is 1.09 bits per heavy atom. The van der Waals surface area contributed by atoms with Crippen molar-refractivity contribution in [3.63, 3.8) is 0 Å². The summed E-state index contributed by atoms with van der Waals surface area (Å²) in [5.41, 5.74) is 0. The van der Waals surface area contributed by atoms with Gasteiger partial charge in [0.2, 0.25) is 0 Å². The molecular formula is C20H38N2O. The average molecular weight is 323 g/mol. The quantitative estimate of drug-likeness (QED) is 0.294. The van der Waals surface area contributed by atoms with Gasteiger partial charge in [0.25, 0.3) is 0 Å². The van der Waals surface area contributed by atoms with Gasteiger partial charge in [0.15, 0.2) is 5.76 Å². The maximum atomic E-state index is 5.00. The molecule has 0 aliphatic heterocycles. The van der Waals surface area contributed by atoms with E-state index in [0.29, 0.717) is 0 Å². The van der Waals surface area contributed by atoms with Crippen LogP contribution in [0, 0.1) is 0 Å². The van der Waals surface area contributed by atoms with Gasteiger partial charge in [-0.15, -0.1) is 5.10 Å². The van der Waals surface area contributed by atoms with E-state index in [4.69, 9.17) is 4.52 Å². The van der Waals surface area contributed by atoms with Crippen molar-refractivity contribution in [3.8, 4) is 0 Å². The van der Waals surface area contributed by atoms with Crippen molar-refractivity contribution in [2.45, 2.75) is 116 Å². The van der Waals surface area contributed by atoms with Crippen LogP contribution >= 0.6 is 0 Å². The molecule has 3 heteroatoms. The van der Waals surface area contributed by atoms with Crippen molar-refractivity contribution in [1.29, 1.82) is 0 Å². The van der Waals surface area contributed by atoms with Gasteiger partial charge in [-0.05, 0) is 6.42 Å². The Bertz CT molecular complexity index is 324. The van der Waals surface area contributed by atoms with Gasteiger partial charge in [-0.1, -0.05) is 103 Å². The van der Waals surface area contributed by atoms with E-state index in [0.717, 1.165) is 12.2 Å². The topological polar surface area (TPSA) is 38.9 Å². The molecule has 1 heterocycles. The van der Waals surface area contributed by atoms with Crippen molar-refractivity contribution in [2.24, 2.45) is 0 Å². The van der Waals surface area contributed by atoms with Gasteiger partial charge >= 0.3 is 0 Å². The molecule has 1 aromatic rings. The summed E-state index contributed by atoms with van der Waals surface area (Å²) in [4.78, 5) is 0. The number of hydrogen-bond acceptors (Lipinski definition) is 3. The van der Waals surface area contributed by atoms with Crippen molar-refractivity contribution >= 4 is 0 Å². The second kappa shape index (κ2) is 16.0. The Hall–Kier alpha value is -0.860. The number of aromatic nitrogens is 2. The summed E-state index contributed by atoms with van der Waals surface area (Å²) in [5.74, 6) is 0.926. The molecule has 3 nitrogen and oxygen atoms in total. The Morgan fingerprint density at radius 1 is 0.652 bits per heavy atom. The fraction of sp³-hybridized carbons (Fsp3) is 0.900. The molecule has 0 saturated carbocycles. The number of aryl methyl sites for hydroxylation is 1. The van der Waals surface area contributed by atoms with E-state index in [1.54, 1.807) is 6.20 Å². The molecule has 0 aliphatic rings. The molecule has 0 saturated heterocycles. The first-order valence-corrected chi connectivity index (χ1v) is 10.2. The first-order chi connectivity index (χ1) is 11.4. The molecule has 0 unspecified atom stereocenters. The Labute approximate surface area is 143 Å². The molecule has 1 aromatic heterocycles. The zero-order valence-corrected chi connectivity index (χ0v) is 15.4. The predicted octanol–water partition coefficient (Wildman–Crippen LogP) is 6.87. The predicted molar refractivity (Wildman–Crippen MR) is 97.5 cm³/mol. The van der Waals surface area contributed by atoms with Crippen molar-refractivity contribution in [2.75, 3.05) is 0 Å². The number of nitrogens with zero attached hydrogens (tertiary/aromatic N) is 2. The highest BCUT2D eigenvalue weighted by atomic mass is 16.5. The van der Waals surface area contributed by atoms with E-state index in [1.165, 1.54) is 103 Å². The van der Waals surface area contributed by atoms with Gasteiger partial charge in [0.05, 0.1) is 6.20 Å². The molecule has 0 aliphatic carbocycles. The monoisotopic (exact) mass is 322 g/mol. The lowest BCUT2D eigenvalue weighted by atomic mass is 10.0. The third kappa shape index (κ3) is 13.3. The maximum absolute atomic E-state index is 5.00. The standard InChI is InChI=1S/C20H38N2O/c1-2-3-4-5-6-7-8-9-10-11-12-13-14-15-16-17-18-20-19-21-22-23-20/h19H,2-18H2,1H3. The summed E-state index contributed by atoms with van der Waals surface area (Å²) >= 11 is 0. The van der Waals surface area contributed by atoms with Gasteiger partial charge in [-0.25, -0.2) is 0 Å². The molecule has 0 radical (unpaired) electrons. The molecule has 0 fully saturated rings. The third-order valence-electron chi connectivity index (χ3n) is 4.68. The molecule has 0 N–H and O–H groups in total. The molecular weight excluding hydrogens is 284 g/mol. The number of unbranched alkanes of at least 4 members (excludes halogenated alkanes) is 15. The zero-order valence-electron chi connectivity index (χ0n) is 15.4. The van der Waals surface area contributed by atoms with Crippen LogP contribution in [-0.2, 0) is 6.42 Å². The smallest absolute Gasteiger partial charge is 0.157 e. The number of hydrogen-bond donors (Lipinski definition) is 0. The van der Waals surface area contributed by atoms with Gasteiger partial charge in [0.1, 0.15) is 0 Å². The highest BCUT2D eigenvalue weighted by Crippen LogP contribution is 2.14. The van der Waals surface area contributed by atoms with Crippen LogP contribution in [0.1, 0.15) is 115 Å². The first-order valence-electron chi connectivity index (χ1n) is 10.2. The fourth-order valence-electron chi connectivity index (χ4n) is 3.15. The van der Waals surface area contributed by atoms with Crippen molar-refractivity contribution < 1.29 is 4.52 Å². The lowest BCUT2D eigenvalue weighted by Gasteiger charge is -2.03. The lowest BCUT2D eigenvalue weighted by molar-refractivity contribution is 0.358. The van der Waals surface area contributed by atoms with E-state index in [2.05, 4.69) is 17.3 Å². The summed E-state index contributed by atoms with van der Waals surface area (Å²) in [6, 6.07) is 0. The second-order valence-corrected chi connectivity index (χ2v) is 6.94. The largest absolute Gasteiger partial charge is 0.342 e. The Kier molecular flexibility index (Phi) is 14.1. The summed E-state index contributed by atoms with van der Waals surface area (Å²) < 4.78 is 5.00. The minimum Gasteiger partial charge on any atom is -0.342 e. The van der Waals surface area contributed by atoms with Crippen LogP contribution in [0.25, 0.3) is 0 Å². The van der Waals surface area contributed by atoms with Gasteiger partial charge in [0, 0.05) is 11.7 Å². The lowest BCUT2D eigenvalue weighted by Crippen LogP contribution is -1.85. The molecule has 1 rings (SSSR count). The van der Waals surface area contributed by atoms with Crippen molar-refractivity contribution in [3.05, 3.63) is 12.0 Å². The van der Waals surface area contributed by atoms with E-state index >= 15 is 0 Å². The summed E-state index contributed by atoms with van der Waals surface area (Å²) in [7, 11) is 0.